The summed E-state index contributed by atoms with van der Waals surface area (Å²) in [4.78, 5) is 25.4. The Balaban J connectivity index is 1.68. The number of aryl methyl sites for hydroxylation is 2. The van der Waals surface area contributed by atoms with Crippen molar-refractivity contribution < 1.29 is 14.3 Å². The van der Waals surface area contributed by atoms with Crippen LogP contribution in [0.1, 0.15) is 45.1 Å². The summed E-state index contributed by atoms with van der Waals surface area (Å²) < 4.78 is 11.3. The van der Waals surface area contributed by atoms with Gasteiger partial charge in [-0.25, -0.2) is 14.8 Å². The van der Waals surface area contributed by atoms with Gasteiger partial charge in [0.2, 0.25) is 0 Å². The second-order valence-corrected chi connectivity index (χ2v) is 7.75. The van der Waals surface area contributed by atoms with Crippen LogP contribution >= 0.6 is 0 Å². The number of ether oxygens (including phenoxy) is 2. The predicted octanol–water partition coefficient (Wildman–Crippen LogP) is 2.69. The summed E-state index contributed by atoms with van der Waals surface area (Å²) in [6.45, 7) is 12.4. The van der Waals surface area contributed by atoms with Crippen LogP contribution in [0.15, 0.2) is 0 Å². The molecule has 7 nitrogen and oxygen atoms in total. The molecule has 0 N–H and O–H groups in total. The number of rotatable bonds is 1. The van der Waals surface area contributed by atoms with Gasteiger partial charge in [0.1, 0.15) is 18.0 Å². The minimum atomic E-state index is -0.455. The van der Waals surface area contributed by atoms with Crippen LogP contribution in [0.5, 0.6) is 5.75 Å². The Morgan fingerprint density at radius 2 is 1.84 bits per heavy atom. The van der Waals surface area contributed by atoms with E-state index >= 15 is 0 Å². The number of amides is 1. The van der Waals surface area contributed by atoms with Gasteiger partial charge >= 0.3 is 6.09 Å². The molecule has 0 aliphatic carbocycles. The highest BCUT2D eigenvalue weighted by Gasteiger charge is 2.33. The average Bonchev–Trinajstić information content (AvgIpc) is 2.53. The maximum absolute atomic E-state index is 12.2. The van der Waals surface area contributed by atoms with Crippen molar-refractivity contribution in [1.82, 2.24) is 14.9 Å². The van der Waals surface area contributed by atoms with E-state index < -0.39 is 5.60 Å². The first-order valence-electron chi connectivity index (χ1n) is 8.97. The van der Waals surface area contributed by atoms with E-state index in [1.165, 1.54) is 0 Å². The molecule has 1 aromatic rings. The lowest BCUT2D eigenvalue weighted by molar-refractivity contribution is 0.0203. The number of fused-ring (bicyclic) bond motifs is 1. The summed E-state index contributed by atoms with van der Waals surface area (Å²) >= 11 is 0. The van der Waals surface area contributed by atoms with Gasteiger partial charge in [0.25, 0.3) is 0 Å². The Labute approximate surface area is 149 Å². The molecule has 0 aromatic carbocycles. The Kier molecular flexibility index (Phi) is 4.75. The van der Waals surface area contributed by atoms with Crippen molar-refractivity contribution in [2.75, 3.05) is 31.1 Å². The topological polar surface area (TPSA) is 67.8 Å². The Morgan fingerprint density at radius 3 is 2.48 bits per heavy atom. The summed E-state index contributed by atoms with van der Waals surface area (Å²) in [5.41, 5.74) is 0.432. The fourth-order valence-corrected chi connectivity index (χ4v) is 3.44. The number of anilines is 1. The quantitative estimate of drug-likeness (QED) is 0.777. The Hall–Kier alpha value is -2.05. The number of likely N-dealkylation sites (tertiary alicyclic amines) is 1. The fraction of sp³-hybridized carbons (Fsp3) is 0.722. The predicted molar refractivity (Wildman–Crippen MR) is 95.2 cm³/mol. The highest BCUT2D eigenvalue weighted by molar-refractivity contribution is 5.68. The highest BCUT2D eigenvalue weighted by Crippen LogP contribution is 2.35. The van der Waals surface area contributed by atoms with Crippen LogP contribution in [0.2, 0.25) is 0 Å². The second-order valence-electron chi connectivity index (χ2n) is 7.75. The van der Waals surface area contributed by atoms with Crippen LogP contribution in [-0.2, 0) is 4.74 Å². The molecule has 25 heavy (non-hydrogen) atoms. The van der Waals surface area contributed by atoms with E-state index in [9.17, 15) is 4.79 Å². The van der Waals surface area contributed by atoms with Gasteiger partial charge in [-0.15, -0.1) is 0 Å². The Bertz CT molecular complexity index is 648. The summed E-state index contributed by atoms with van der Waals surface area (Å²) in [5.74, 6) is 2.45. The molecule has 3 rings (SSSR count). The summed E-state index contributed by atoms with van der Waals surface area (Å²) in [5, 5.41) is 0. The molecule has 0 bridgehead atoms. The van der Waals surface area contributed by atoms with Crippen molar-refractivity contribution in [2.45, 2.75) is 59.1 Å². The third kappa shape index (κ3) is 3.96. The van der Waals surface area contributed by atoms with Crippen LogP contribution in [0, 0.1) is 13.8 Å². The van der Waals surface area contributed by atoms with Crippen LogP contribution in [0.4, 0.5) is 10.6 Å². The molecule has 7 heteroatoms. The molecular formula is C18H28N4O3. The first kappa shape index (κ1) is 17.8. The van der Waals surface area contributed by atoms with E-state index in [2.05, 4.69) is 14.9 Å². The first-order valence-corrected chi connectivity index (χ1v) is 8.97. The van der Waals surface area contributed by atoms with E-state index in [-0.39, 0.29) is 6.09 Å². The molecule has 2 aliphatic rings. The standard InChI is InChI=1S/C18H28N4O3/c1-12-15-16(20-13(2)19-12)22(10-11-24-15)14-6-8-21(9-7-14)17(23)25-18(3,4)5/h14H,6-11H2,1-5H3. The monoisotopic (exact) mass is 348 g/mol. The molecule has 0 radical (unpaired) electrons. The SMILES string of the molecule is Cc1nc(C)c2c(n1)N(C1CCN(C(=O)OC(C)(C)C)CC1)CCO2. The minimum absolute atomic E-state index is 0.220. The molecular weight excluding hydrogens is 320 g/mol. The number of hydrogen-bond donors (Lipinski definition) is 0. The van der Waals surface area contributed by atoms with Gasteiger partial charge in [-0.3, -0.25) is 0 Å². The van der Waals surface area contributed by atoms with Gasteiger partial charge < -0.3 is 19.3 Å². The third-order valence-corrected chi connectivity index (χ3v) is 4.54. The largest absolute Gasteiger partial charge is 0.486 e. The molecule has 3 heterocycles. The number of aromatic nitrogens is 2. The Morgan fingerprint density at radius 1 is 1.16 bits per heavy atom. The molecule has 0 unspecified atom stereocenters. The van der Waals surface area contributed by atoms with Crippen molar-refractivity contribution in [3.8, 4) is 5.75 Å². The van der Waals surface area contributed by atoms with Crippen molar-refractivity contribution in [3.05, 3.63) is 11.5 Å². The van der Waals surface area contributed by atoms with Crippen molar-refractivity contribution in [1.29, 1.82) is 0 Å². The number of nitrogens with zero attached hydrogens (tertiary/aromatic N) is 4. The zero-order valence-corrected chi connectivity index (χ0v) is 15.8. The van der Waals surface area contributed by atoms with E-state index in [1.807, 2.05) is 34.6 Å². The molecule has 1 saturated heterocycles. The van der Waals surface area contributed by atoms with Crippen LogP contribution in [-0.4, -0.2) is 58.8 Å². The first-order chi connectivity index (χ1) is 11.7. The molecule has 2 aliphatic heterocycles. The number of hydrogen-bond acceptors (Lipinski definition) is 6. The summed E-state index contributed by atoms with van der Waals surface area (Å²) in [6, 6.07) is 0.357. The normalized spacial score (nSPS) is 18.6. The van der Waals surface area contributed by atoms with Crippen LogP contribution in [0.25, 0.3) is 0 Å². The van der Waals surface area contributed by atoms with E-state index in [0.29, 0.717) is 25.7 Å². The molecule has 0 saturated carbocycles. The lowest BCUT2D eigenvalue weighted by Crippen LogP contribution is -2.50. The molecule has 1 fully saturated rings. The van der Waals surface area contributed by atoms with E-state index in [4.69, 9.17) is 9.47 Å². The lowest BCUT2D eigenvalue weighted by Gasteiger charge is -2.41. The fourth-order valence-electron chi connectivity index (χ4n) is 3.44. The van der Waals surface area contributed by atoms with Gasteiger partial charge in [-0.1, -0.05) is 0 Å². The van der Waals surface area contributed by atoms with Gasteiger partial charge in [-0.2, -0.15) is 0 Å². The summed E-state index contributed by atoms with van der Waals surface area (Å²) in [7, 11) is 0. The summed E-state index contributed by atoms with van der Waals surface area (Å²) in [6.07, 6.45) is 1.59. The van der Waals surface area contributed by atoms with Gasteiger partial charge in [0.05, 0.1) is 12.2 Å². The second kappa shape index (κ2) is 6.69. The van der Waals surface area contributed by atoms with Crippen molar-refractivity contribution >= 4 is 11.9 Å². The van der Waals surface area contributed by atoms with E-state index in [1.54, 1.807) is 4.90 Å². The third-order valence-electron chi connectivity index (χ3n) is 4.54. The molecule has 0 spiro atoms. The number of carbonyl (C=O) groups excluding carboxylic acids is 1. The van der Waals surface area contributed by atoms with Gasteiger partial charge in [0, 0.05) is 19.1 Å². The number of piperidine rings is 1. The van der Waals surface area contributed by atoms with Gasteiger partial charge in [-0.05, 0) is 47.5 Å². The molecule has 1 aromatic heterocycles. The smallest absolute Gasteiger partial charge is 0.410 e. The lowest BCUT2D eigenvalue weighted by atomic mass is 10.0. The van der Waals surface area contributed by atoms with Crippen LogP contribution < -0.4 is 9.64 Å². The number of carbonyl (C=O) groups is 1. The maximum atomic E-state index is 12.2. The molecule has 0 atom stereocenters. The van der Waals surface area contributed by atoms with Crippen molar-refractivity contribution in [2.24, 2.45) is 0 Å². The zero-order valence-electron chi connectivity index (χ0n) is 15.8. The molecule has 1 amide bonds. The zero-order chi connectivity index (χ0) is 18.2. The van der Waals surface area contributed by atoms with Crippen LogP contribution in [0.3, 0.4) is 0 Å². The highest BCUT2D eigenvalue weighted by atomic mass is 16.6. The average molecular weight is 348 g/mol. The molecule has 138 valence electrons. The van der Waals surface area contributed by atoms with Gasteiger partial charge in [0.15, 0.2) is 11.6 Å². The maximum Gasteiger partial charge on any atom is 0.410 e. The minimum Gasteiger partial charge on any atom is -0.486 e. The van der Waals surface area contributed by atoms with Crippen molar-refractivity contribution in [3.63, 3.8) is 0 Å². The van der Waals surface area contributed by atoms with E-state index in [0.717, 1.165) is 42.5 Å².